The molecule has 0 aromatic heterocycles. The summed E-state index contributed by atoms with van der Waals surface area (Å²) in [4.78, 5) is 12.3. The van der Waals surface area contributed by atoms with Crippen LogP contribution in [0.3, 0.4) is 0 Å². The highest BCUT2D eigenvalue weighted by Gasteiger charge is 2.29. The Balaban J connectivity index is 2.29. The minimum atomic E-state index is -3.83. The van der Waals surface area contributed by atoms with E-state index in [0.29, 0.717) is 5.69 Å². The number of nitrogens with one attached hydrogen (secondary N) is 1. The molecular weight excluding hydrogens is 338 g/mol. The van der Waals surface area contributed by atoms with Gasteiger partial charge in [0, 0.05) is 5.69 Å². The smallest absolute Gasteiger partial charge is 0.247 e. The van der Waals surface area contributed by atoms with Crippen molar-refractivity contribution in [2.75, 3.05) is 15.9 Å². The summed E-state index contributed by atoms with van der Waals surface area (Å²) in [6, 6.07) is 8.86. The number of carbonyl (C=O) groups is 1. The zero-order valence-corrected chi connectivity index (χ0v) is 13.8. The van der Waals surface area contributed by atoms with Crippen molar-refractivity contribution < 1.29 is 22.0 Å². The summed E-state index contributed by atoms with van der Waals surface area (Å²) in [5.74, 6) is -1.71. The molecule has 0 aliphatic carbocycles. The summed E-state index contributed by atoms with van der Waals surface area (Å²) in [6.45, 7) is 1.38. The Kier molecular flexibility index (Phi) is 5.18. The molecule has 0 aliphatic rings. The fourth-order valence-corrected chi connectivity index (χ4v) is 3.37. The van der Waals surface area contributed by atoms with E-state index in [4.69, 9.17) is 0 Å². The fourth-order valence-electron chi connectivity index (χ4n) is 2.20. The molecule has 0 radical (unpaired) electrons. The lowest BCUT2D eigenvalue weighted by Crippen LogP contribution is -2.45. The first-order chi connectivity index (χ1) is 11.2. The average Bonchev–Trinajstić information content (AvgIpc) is 2.48. The number of halogens is 2. The molecule has 2 aromatic carbocycles. The van der Waals surface area contributed by atoms with E-state index in [1.54, 1.807) is 0 Å². The van der Waals surface area contributed by atoms with E-state index in [0.717, 1.165) is 16.6 Å². The molecule has 8 heteroatoms. The Morgan fingerprint density at radius 1 is 1.08 bits per heavy atom. The number of nitrogens with zero attached hydrogens (tertiary/aromatic N) is 1. The third-order valence-corrected chi connectivity index (χ3v) is 4.50. The van der Waals surface area contributed by atoms with Crippen molar-refractivity contribution in [2.24, 2.45) is 0 Å². The third kappa shape index (κ3) is 4.29. The van der Waals surface area contributed by atoms with Crippen molar-refractivity contribution in [1.82, 2.24) is 0 Å². The number of amides is 1. The van der Waals surface area contributed by atoms with Gasteiger partial charge < -0.3 is 5.32 Å². The second-order valence-electron chi connectivity index (χ2n) is 5.21. The van der Waals surface area contributed by atoms with Crippen LogP contribution < -0.4 is 9.62 Å². The average molecular weight is 354 g/mol. The van der Waals surface area contributed by atoms with Crippen molar-refractivity contribution >= 4 is 27.3 Å². The Bertz CT molecular complexity index is 839. The van der Waals surface area contributed by atoms with Crippen LogP contribution in [0, 0.1) is 11.6 Å². The van der Waals surface area contributed by atoms with Gasteiger partial charge in [-0.1, -0.05) is 6.07 Å². The zero-order chi connectivity index (χ0) is 17.9. The van der Waals surface area contributed by atoms with Crippen LogP contribution in [0.2, 0.25) is 0 Å². The molecule has 0 bridgehead atoms. The van der Waals surface area contributed by atoms with Crippen molar-refractivity contribution in [3.63, 3.8) is 0 Å². The maximum atomic E-state index is 13.4. The second-order valence-corrected chi connectivity index (χ2v) is 7.07. The molecule has 1 amide bonds. The lowest BCUT2D eigenvalue weighted by Gasteiger charge is -2.28. The Labute approximate surface area is 139 Å². The van der Waals surface area contributed by atoms with E-state index >= 15 is 0 Å². The summed E-state index contributed by atoms with van der Waals surface area (Å²) in [5, 5.41) is 2.50. The Morgan fingerprint density at radius 2 is 1.71 bits per heavy atom. The number of carbonyl (C=O) groups excluding carboxylic acids is 1. The van der Waals surface area contributed by atoms with Gasteiger partial charge in [0.15, 0.2) is 0 Å². The lowest BCUT2D eigenvalue weighted by molar-refractivity contribution is -0.116. The number of hydrogen-bond acceptors (Lipinski definition) is 3. The van der Waals surface area contributed by atoms with Gasteiger partial charge in [0.05, 0.1) is 11.9 Å². The second kappa shape index (κ2) is 6.96. The monoisotopic (exact) mass is 354 g/mol. The molecule has 1 unspecified atom stereocenters. The highest BCUT2D eigenvalue weighted by Crippen LogP contribution is 2.22. The lowest BCUT2D eigenvalue weighted by atomic mass is 10.2. The van der Waals surface area contributed by atoms with Crippen LogP contribution >= 0.6 is 0 Å². The molecule has 128 valence electrons. The molecule has 5 nitrogen and oxygen atoms in total. The number of sulfonamides is 1. The molecule has 0 aliphatic heterocycles. The molecular formula is C16H16F2N2O3S. The Hall–Kier alpha value is -2.48. The van der Waals surface area contributed by atoms with Gasteiger partial charge in [-0.2, -0.15) is 0 Å². The van der Waals surface area contributed by atoms with Crippen LogP contribution in [0.25, 0.3) is 0 Å². The molecule has 2 aromatic rings. The van der Waals surface area contributed by atoms with Crippen molar-refractivity contribution in [1.29, 1.82) is 0 Å². The van der Waals surface area contributed by atoms with Crippen LogP contribution in [-0.4, -0.2) is 26.6 Å². The number of anilines is 2. The van der Waals surface area contributed by atoms with Gasteiger partial charge in [0.25, 0.3) is 0 Å². The van der Waals surface area contributed by atoms with Crippen molar-refractivity contribution in [3.05, 3.63) is 60.2 Å². The van der Waals surface area contributed by atoms with Crippen molar-refractivity contribution in [2.45, 2.75) is 13.0 Å². The summed E-state index contributed by atoms with van der Waals surface area (Å²) >= 11 is 0. The minimum absolute atomic E-state index is 0.0410. The molecule has 24 heavy (non-hydrogen) atoms. The zero-order valence-electron chi connectivity index (χ0n) is 13.0. The third-order valence-electron chi connectivity index (χ3n) is 3.26. The molecule has 0 fully saturated rings. The molecule has 2 rings (SSSR count). The highest BCUT2D eigenvalue weighted by molar-refractivity contribution is 7.92. The number of benzene rings is 2. The highest BCUT2D eigenvalue weighted by atomic mass is 32.2. The molecule has 0 spiro atoms. The molecule has 0 saturated carbocycles. The quantitative estimate of drug-likeness (QED) is 0.898. The molecule has 0 heterocycles. The Morgan fingerprint density at radius 3 is 2.25 bits per heavy atom. The first-order valence-electron chi connectivity index (χ1n) is 7.00. The van der Waals surface area contributed by atoms with E-state index in [1.165, 1.54) is 49.4 Å². The van der Waals surface area contributed by atoms with Gasteiger partial charge in [-0.05, 0) is 49.4 Å². The summed E-state index contributed by atoms with van der Waals surface area (Å²) in [5.41, 5.74) is 0.361. The van der Waals surface area contributed by atoms with Crippen LogP contribution in [0.4, 0.5) is 20.2 Å². The summed E-state index contributed by atoms with van der Waals surface area (Å²) in [7, 11) is -3.83. The van der Waals surface area contributed by atoms with E-state index in [-0.39, 0.29) is 5.69 Å². The normalized spacial score (nSPS) is 12.5. The first-order valence-corrected chi connectivity index (χ1v) is 8.85. The first kappa shape index (κ1) is 17.9. The van der Waals surface area contributed by atoms with E-state index in [1.807, 2.05) is 0 Å². The predicted molar refractivity (Wildman–Crippen MR) is 88.2 cm³/mol. The molecule has 1 N–H and O–H groups in total. The number of hydrogen-bond donors (Lipinski definition) is 1. The van der Waals surface area contributed by atoms with E-state index in [9.17, 15) is 22.0 Å². The fraction of sp³-hybridized carbons (Fsp3) is 0.188. The number of rotatable bonds is 5. The summed E-state index contributed by atoms with van der Waals surface area (Å²) in [6.07, 6.45) is 0.930. The summed E-state index contributed by atoms with van der Waals surface area (Å²) < 4.78 is 51.2. The SMILES string of the molecule is CC(C(=O)Nc1ccc(F)cc1)N(c1cccc(F)c1)S(C)(=O)=O. The van der Waals surface area contributed by atoms with Crippen LogP contribution in [0.1, 0.15) is 6.92 Å². The van der Waals surface area contributed by atoms with E-state index in [2.05, 4.69) is 5.32 Å². The van der Waals surface area contributed by atoms with Crippen LogP contribution in [0.5, 0.6) is 0 Å². The molecule has 0 saturated heterocycles. The predicted octanol–water partition coefficient (Wildman–Crippen LogP) is 2.76. The maximum absolute atomic E-state index is 13.4. The van der Waals surface area contributed by atoms with Gasteiger partial charge in [0.2, 0.25) is 15.9 Å². The minimum Gasteiger partial charge on any atom is -0.324 e. The standard InChI is InChI=1S/C16H16F2N2O3S/c1-11(16(21)19-14-8-6-12(17)7-9-14)20(24(2,22)23)15-5-3-4-13(18)10-15/h3-11H,1-2H3,(H,19,21). The van der Waals surface area contributed by atoms with E-state index < -0.39 is 33.6 Å². The largest absolute Gasteiger partial charge is 0.324 e. The van der Waals surface area contributed by atoms with Crippen LogP contribution in [0.15, 0.2) is 48.5 Å². The van der Waals surface area contributed by atoms with Crippen LogP contribution in [-0.2, 0) is 14.8 Å². The molecule has 1 atom stereocenters. The maximum Gasteiger partial charge on any atom is 0.247 e. The topological polar surface area (TPSA) is 66.5 Å². The van der Waals surface area contributed by atoms with Gasteiger partial charge >= 0.3 is 0 Å². The van der Waals surface area contributed by atoms with Crippen molar-refractivity contribution in [3.8, 4) is 0 Å². The van der Waals surface area contributed by atoms with Gasteiger partial charge in [-0.3, -0.25) is 9.10 Å². The van der Waals surface area contributed by atoms with Gasteiger partial charge in [-0.25, -0.2) is 17.2 Å². The van der Waals surface area contributed by atoms with Gasteiger partial charge in [0.1, 0.15) is 17.7 Å². The van der Waals surface area contributed by atoms with Gasteiger partial charge in [-0.15, -0.1) is 0 Å².